The minimum atomic E-state index is -0.860. The highest BCUT2D eigenvalue weighted by atomic mass is 16.4. The summed E-state index contributed by atoms with van der Waals surface area (Å²) in [4.78, 5) is 36.7. The number of aromatic nitrogens is 3. The van der Waals surface area contributed by atoms with E-state index in [9.17, 15) is 14.7 Å². The van der Waals surface area contributed by atoms with E-state index in [1.54, 1.807) is 24.5 Å². The predicted molar refractivity (Wildman–Crippen MR) is 150 cm³/mol. The fourth-order valence-electron chi connectivity index (χ4n) is 6.05. The number of fused-ring (bicyclic) bond motifs is 1. The van der Waals surface area contributed by atoms with E-state index in [0.717, 1.165) is 36.9 Å². The van der Waals surface area contributed by atoms with E-state index in [2.05, 4.69) is 15.2 Å². The molecule has 5 N–H and O–H groups in total. The first-order valence-electron chi connectivity index (χ1n) is 13.9. The van der Waals surface area contributed by atoms with Crippen LogP contribution in [0.3, 0.4) is 0 Å². The molecule has 1 aliphatic heterocycles. The van der Waals surface area contributed by atoms with Crippen LogP contribution in [0.25, 0.3) is 11.0 Å². The van der Waals surface area contributed by atoms with Crippen molar-refractivity contribution in [2.45, 2.75) is 70.4 Å². The van der Waals surface area contributed by atoms with Gasteiger partial charge in [0, 0.05) is 49.2 Å². The number of carbonyl (C=O) groups excluding carboxylic acids is 1. The highest BCUT2D eigenvalue weighted by Crippen LogP contribution is 2.38. The molecular formula is C29H37N7O3. The SMILES string of the molecule is N=C(N)c1ccc2c(c1)nc(CCC1(C(=O)O)CCN(c3ccncc3)CC1)n2CC(=O)NC1CCCCC1. The zero-order chi connectivity index (χ0) is 27.4. The Kier molecular flexibility index (Phi) is 7.81. The van der Waals surface area contributed by atoms with Gasteiger partial charge in [0.1, 0.15) is 18.2 Å². The zero-order valence-corrected chi connectivity index (χ0v) is 22.2. The first kappa shape index (κ1) is 26.6. The van der Waals surface area contributed by atoms with Crippen molar-refractivity contribution >= 4 is 34.4 Å². The molecule has 0 atom stereocenters. The lowest BCUT2D eigenvalue weighted by atomic mass is 9.74. The second kappa shape index (κ2) is 11.4. The number of amides is 1. The molecule has 0 radical (unpaired) electrons. The third-order valence-electron chi connectivity index (χ3n) is 8.44. The number of nitrogens with one attached hydrogen (secondary N) is 2. The number of piperidine rings is 1. The number of benzene rings is 1. The number of carboxylic acid groups (broad SMARTS) is 1. The zero-order valence-electron chi connectivity index (χ0n) is 22.2. The van der Waals surface area contributed by atoms with Crippen molar-refractivity contribution in [3.63, 3.8) is 0 Å². The molecule has 0 bridgehead atoms. The molecule has 10 nitrogen and oxygen atoms in total. The minimum Gasteiger partial charge on any atom is -0.481 e. The summed E-state index contributed by atoms with van der Waals surface area (Å²) in [5, 5.41) is 21.3. The van der Waals surface area contributed by atoms with E-state index < -0.39 is 11.4 Å². The van der Waals surface area contributed by atoms with Crippen LogP contribution >= 0.6 is 0 Å². The van der Waals surface area contributed by atoms with Gasteiger partial charge in [-0.05, 0) is 62.4 Å². The van der Waals surface area contributed by atoms with Gasteiger partial charge in [0.05, 0.1) is 16.4 Å². The maximum absolute atomic E-state index is 13.1. The number of carboxylic acids is 1. The van der Waals surface area contributed by atoms with Crippen LogP contribution in [0.4, 0.5) is 5.69 Å². The molecule has 3 aromatic rings. The summed E-state index contributed by atoms with van der Waals surface area (Å²) in [5.41, 5.74) is 7.90. The highest BCUT2D eigenvalue weighted by molar-refractivity contribution is 5.98. The topological polar surface area (TPSA) is 150 Å². The van der Waals surface area contributed by atoms with Gasteiger partial charge in [0.25, 0.3) is 0 Å². The number of rotatable bonds is 9. The number of pyridine rings is 1. The molecule has 2 fully saturated rings. The maximum Gasteiger partial charge on any atom is 0.309 e. The molecule has 206 valence electrons. The Balaban J connectivity index is 1.36. The Morgan fingerprint density at radius 3 is 2.49 bits per heavy atom. The average molecular weight is 532 g/mol. The summed E-state index contributed by atoms with van der Waals surface area (Å²) in [5.74, 6) is -0.208. The molecule has 1 amide bonds. The molecule has 5 rings (SSSR count). The van der Waals surface area contributed by atoms with Gasteiger partial charge in [-0.25, -0.2) is 4.98 Å². The number of nitrogens with two attached hydrogens (primary N) is 1. The van der Waals surface area contributed by atoms with Gasteiger partial charge in [0.15, 0.2) is 0 Å². The Morgan fingerprint density at radius 2 is 1.82 bits per heavy atom. The van der Waals surface area contributed by atoms with Gasteiger partial charge in [-0.2, -0.15) is 0 Å². The van der Waals surface area contributed by atoms with Crippen LogP contribution in [-0.4, -0.2) is 56.5 Å². The quantitative estimate of drug-likeness (QED) is 0.244. The lowest BCUT2D eigenvalue weighted by Gasteiger charge is -2.40. The summed E-state index contributed by atoms with van der Waals surface area (Å²) in [7, 11) is 0. The number of imidazole rings is 1. The van der Waals surface area contributed by atoms with Crippen molar-refractivity contribution in [1.29, 1.82) is 5.41 Å². The van der Waals surface area contributed by atoms with E-state index in [4.69, 9.17) is 16.1 Å². The van der Waals surface area contributed by atoms with Gasteiger partial charge in [-0.15, -0.1) is 0 Å². The maximum atomic E-state index is 13.1. The van der Waals surface area contributed by atoms with E-state index in [1.807, 2.05) is 22.8 Å². The van der Waals surface area contributed by atoms with Gasteiger partial charge in [-0.1, -0.05) is 19.3 Å². The standard InChI is InChI=1S/C29H37N7O3/c30-27(31)20-6-7-24-23(18-20)34-25(36(24)19-26(37)33-21-4-2-1-3-5-21)8-11-29(28(38)39)12-16-35(17-13-29)22-9-14-32-15-10-22/h6-7,9-10,14-15,18,21H,1-5,8,11-13,16-17,19H2,(H3,30,31)(H,33,37)(H,38,39). The number of nitrogen functional groups attached to an aromatic ring is 1. The summed E-state index contributed by atoms with van der Waals surface area (Å²) in [6.07, 6.45) is 10.9. The number of aryl methyl sites for hydroxylation is 1. The predicted octanol–water partition coefficient (Wildman–Crippen LogP) is 3.47. The lowest BCUT2D eigenvalue weighted by molar-refractivity contribution is -0.150. The monoisotopic (exact) mass is 531 g/mol. The summed E-state index contributed by atoms with van der Waals surface area (Å²) in [6, 6.07) is 9.47. The first-order chi connectivity index (χ1) is 18.8. The number of amidine groups is 1. The van der Waals surface area contributed by atoms with Gasteiger partial charge >= 0.3 is 5.97 Å². The number of nitrogens with zero attached hydrogens (tertiary/aromatic N) is 4. The van der Waals surface area contributed by atoms with Crippen molar-refractivity contribution in [3.8, 4) is 0 Å². The largest absolute Gasteiger partial charge is 0.481 e. The van der Waals surface area contributed by atoms with Crippen LogP contribution in [-0.2, 0) is 22.6 Å². The van der Waals surface area contributed by atoms with Gasteiger partial charge in [-0.3, -0.25) is 20.0 Å². The third kappa shape index (κ3) is 5.89. The average Bonchev–Trinajstić information content (AvgIpc) is 3.29. The second-order valence-corrected chi connectivity index (χ2v) is 10.9. The molecule has 1 saturated heterocycles. The van der Waals surface area contributed by atoms with E-state index >= 15 is 0 Å². The number of aliphatic carboxylic acids is 1. The van der Waals surface area contributed by atoms with Gasteiger partial charge in [0.2, 0.25) is 5.91 Å². The van der Waals surface area contributed by atoms with Crippen molar-refractivity contribution in [1.82, 2.24) is 19.9 Å². The second-order valence-electron chi connectivity index (χ2n) is 10.9. The molecule has 39 heavy (non-hydrogen) atoms. The van der Waals surface area contributed by atoms with Gasteiger partial charge < -0.3 is 25.6 Å². The van der Waals surface area contributed by atoms with Crippen molar-refractivity contribution in [3.05, 3.63) is 54.1 Å². The van der Waals surface area contributed by atoms with Crippen LogP contribution in [0.5, 0.6) is 0 Å². The van der Waals surface area contributed by atoms with E-state index in [-0.39, 0.29) is 24.3 Å². The van der Waals surface area contributed by atoms with Crippen LogP contribution in [0.1, 0.15) is 62.8 Å². The Bertz CT molecular complexity index is 1340. The van der Waals surface area contributed by atoms with Crippen LogP contribution in [0.2, 0.25) is 0 Å². The fraction of sp³-hybridized carbons (Fsp3) is 0.483. The number of hydrogen-bond acceptors (Lipinski definition) is 6. The van der Waals surface area contributed by atoms with E-state index in [1.165, 1.54) is 6.42 Å². The molecule has 2 aliphatic rings. The molecule has 3 heterocycles. The molecule has 0 unspecified atom stereocenters. The highest BCUT2D eigenvalue weighted by Gasteiger charge is 2.41. The molecule has 0 spiro atoms. The first-order valence-corrected chi connectivity index (χ1v) is 13.9. The Labute approximate surface area is 228 Å². The summed E-state index contributed by atoms with van der Waals surface area (Å²) >= 11 is 0. The molecule has 1 aliphatic carbocycles. The van der Waals surface area contributed by atoms with Crippen molar-refractivity contribution in [2.24, 2.45) is 11.1 Å². The molecule has 10 heteroatoms. The van der Waals surface area contributed by atoms with Crippen molar-refractivity contribution < 1.29 is 14.7 Å². The minimum absolute atomic E-state index is 0.0474. The normalized spacial score (nSPS) is 17.7. The number of carbonyl (C=O) groups is 2. The van der Waals surface area contributed by atoms with Crippen LogP contribution in [0.15, 0.2) is 42.7 Å². The van der Waals surface area contributed by atoms with E-state index in [0.29, 0.717) is 55.7 Å². The number of hydrogen-bond donors (Lipinski definition) is 4. The summed E-state index contributed by atoms with van der Waals surface area (Å²) < 4.78 is 1.90. The molecular weight excluding hydrogens is 494 g/mol. The fourth-order valence-corrected chi connectivity index (χ4v) is 6.05. The Morgan fingerprint density at radius 1 is 1.10 bits per heavy atom. The number of anilines is 1. The smallest absolute Gasteiger partial charge is 0.309 e. The molecule has 2 aromatic heterocycles. The molecule has 1 aromatic carbocycles. The van der Waals surface area contributed by atoms with Crippen molar-refractivity contribution in [2.75, 3.05) is 18.0 Å². The summed E-state index contributed by atoms with van der Waals surface area (Å²) in [6.45, 7) is 1.43. The lowest BCUT2D eigenvalue weighted by Crippen LogP contribution is -2.45. The van der Waals surface area contributed by atoms with Crippen LogP contribution in [0, 0.1) is 10.8 Å². The van der Waals surface area contributed by atoms with Crippen LogP contribution < -0.4 is 16.0 Å². The Hall–Kier alpha value is -3.95. The molecule has 1 saturated carbocycles. The third-order valence-corrected chi connectivity index (χ3v) is 8.44.